The molecule has 0 radical (unpaired) electrons. The highest BCUT2D eigenvalue weighted by molar-refractivity contribution is 7.90. The molecule has 2 aromatic carbocycles. The first-order chi connectivity index (χ1) is 12.0. The quantitative estimate of drug-likeness (QED) is 0.710. The molecule has 10 heteroatoms. The van der Waals surface area contributed by atoms with Crippen LogP contribution < -0.4 is 9.86 Å². The van der Waals surface area contributed by atoms with Gasteiger partial charge in [0.05, 0.1) is 9.79 Å². The van der Waals surface area contributed by atoms with Gasteiger partial charge in [-0.25, -0.2) is 26.7 Å². The van der Waals surface area contributed by atoms with Crippen molar-refractivity contribution in [3.63, 3.8) is 0 Å². The number of hydrogen-bond acceptors (Lipinski definition) is 5. The van der Waals surface area contributed by atoms with Crippen molar-refractivity contribution in [1.82, 2.24) is 9.62 Å². The van der Waals surface area contributed by atoms with E-state index in [1.807, 2.05) is 31.1 Å². The number of rotatable bonds is 7. The van der Waals surface area contributed by atoms with Crippen molar-refractivity contribution in [3.8, 4) is 0 Å². The Bertz CT molecular complexity index is 992. The van der Waals surface area contributed by atoms with E-state index in [0.29, 0.717) is 5.02 Å². The minimum Gasteiger partial charge on any atom is -0.301 e. The molecule has 0 bridgehead atoms. The molecule has 1 atom stereocenters. The van der Waals surface area contributed by atoms with E-state index in [1.54, 1.807) is 12.1 Å². The number of hydrogen-bond donors (Lipinski definition) is 2. The zero-order valence-corrected chi connectivity index (χ0v) is 16.6. The Balaban J connectivity index is 2.28. The van der Waals surface area contributed by atoms with Crippen molar-refractivity contribution in [1.29, 1.82) is 0 Å². The third-order valence-electron chi connectivity index (χ3n) is 3.80. The minimum atomic E-state index is -4.00. The largest absolute Gasteiger partial charge is 0.301 e. The molecule has 0 spiro atoms. The first-order valence-electron chi connectivity index (χ1n) is 7.56. The normalized spacial score (nSPS) is 13.7. The van der Waals surface area contributed by atoms with Gasteiger partial charge in [-0.3, -0.25) is 0 Å². The van der Waals surface area contributed by atoms with Crippen LogP contribution in [0.5, 0.6) is 0 Å². The van der Waals surface area contributed by atoms with Crippen LogP contribution in [0.4, 0.5) is 0 Å². The van der Waals surface area contributed by atoms with Crippen LogP contribution in [0.2, 0.25) is 5.02 Å². The van der Waals surface area contributed by atoms with Crippen molar-refractivity contribution in [2.45, 2.75) is 15.8 Å². The summed E-state index contributed by atoms with van der Waals surface area (Å²) >= 11 is 6.22. The highest BCUT2D eigenvalue weighted by atomic mass is 35.5. The van der Waals surface area contributed by atoms with E-state index >= 15 is 0 Å². The third-order valence-corrected chi connectivity index (χ3v) is 6.48. The summed E-state index contributed by atoms with van der Waals surface area (Å²) in [5.41, 5.74) is 0.778. The highest BCUT2D eigenvalue weighted by Gasteiger charge is 2.22. The van der Waals surface area contributed by atoms with Gasteiger partial charge in [0.15, 0.2) is 0 Å². The summed E-state index contributed by atoms with van der Waals surface area (Å²) in [7, 11) is -4.31. The van der Waals surface area contributed by atoms with Crippen molar-refractivity contribution in [3.05, 3.63) is 59.1 Å². The monoisotopic (exact) mass is 417 g/mol. The van der Waals surface area contributed by atoms with Crippen LogP contribution in [0.3, 0.4) is 0 Å². The van der Waals surface area contributed by atoms with E-state index in [9.17, 15) is 16.8 Å². The minimum absolute atomic E-state index is 0.0542. The zero-order chi connectivity index (χ0) is 19.5. The standard InChI is InChI=1S/C16H20ClN3O4S2/c1-20(2)16(14-8-3-4-9-15(14)17)11-19-26(23,24)13-7-5-6-12(10-13)25(18,21)22/h3-10,16,19H,11H2,1-2H3,(H2,18,21,22). The Hall–Kier alpha value is -1.49. The lowest BCUT2D eigenvalue weighted by atomic mass is 10.1. The van der Waals surface area contributed by atoms with E-state index in [0.717, 1.165) is 11.6 Å². The van der Waals surface area contributed by atoms with Gasteiger partial charge in [-0.1, -0.05) is 35.9 Å². The number of halogens is 1. The van der Waals surface area contributed by atoms with Crippen LogP contribution in [0.1, 0.15) is 11.6 Å². The predicted octanol–water partition coefficient (Wildman–Crippen LogP) is 1.57. The molecule has 0 heterocycles. The number of benzene rings is 2. The van der Waals surface area contributed by atoms with Gasteiger partial charge in [-0.15, -0.1) is 0 Å². The fourth-order valence-electron chi connectivity index (χ4n) is 2.41. The van der Waals surface area contributed by atoms with Gasteiger partial charge in [-0.05, 0) is 43.9 Å². The maximum Gasteiger partial charge on any atom is 0.240 e. The molecule has 0 aromatic heterocycles. The first-order valence-corrected chi connectivity index (χ1v) is 11.0. The molecular formula is C16H20ClN3O4S2. The summed E-state index contributed by atoms with van der Waals surface area (Å²) in [6.45, 7) is 0.0542. The lowest BCUT2D eigenvalue weighted by molar-refractivity contribution is 0.299. The van der Waals surface area contributed by atoms with Crippen LogP contribution in [0.15, 0.2) is 58.3 Å². The fourth-order valence-corrected chi connectivity index (χ4v) is 4.39. The molecule has 0 aliphatic rings. The zero-order valence-electron chi connectivity index (χ0n) is 14.3. The number of nitrogens with zero attached hydrogens (tertiary/aromatic N) is 1. The number of nitrogens with one attached hydrogen (secondary N) is 1. The molecule has 3 N–H and O–H groups in total. The maximum atomic E-state index is 12.6. The van der Waals surface area contributed by atoms with E-state index in [-0.39, 0.29) is 22.4 Å². The first kappa shape index (κ1) is 20.8. The van der Waals surface area contributed by atoms with Crippen LogP contribution in [-0.2, 0) is 20.0 Å². The summed E-state index contributed by atoms with van der Waals surface area (Å²) in [5.74, 6) is 0. The Morgan fingerprint density at radius 2 is 1.65 bits per heavy atom. The lowest BCUT2D eigenvalue weighted by Gasteiger charge is -2.26. The third kappa shape index (κ3) is 5.03. The van der Waals surface area contributed by atoms with E-state index in [2.05, 4.69) is 4.72 Å². The van der Waals surface area contributed by atoms with Crippen molar-refractivity contribution in [2.24, 2.45) is 5.14 Å². The molecule has 7 nitrogen and oxygen atoms in total. The molecule has 0 aliphatic heterocycles. The Morgan fingerprint density at radius 3 is 2.23 bits per heavy atom. The molecule has 1 unspecified atom stereocenters. The van der Waals surface area contributed by atoms with Crippen LogP contribution in [-0.4, -0.2) is 42.4 Å². The highest BCUT2D eigenvalue weighted by Crippen LogP contribution is 2.26. The topological polar surface area (TPSA) is 110 Å². The maximum absolute atomic E-state index is 12.6. The second kappa shape index (κ2) is 8.03. The fraction of sp³-hybridized carbons (Fsp3) is 0.250. The summed E-state index contributed by atoms with van der Waals surface area (Å²) in [6.07, 6.45) is 0. The van der Waals surface area contributed by atoms with Gasteiger partial charge in [0.2, 0.25) is 20.0 Å². The second-order valence-electron chi connectivity index (χ2n) is 5.87. The number of likely N-dealkylation sites (N-methyl/N-ethyl adjacent to an activating group) is 1. The Labute approximate surface area is 158 Å². The molecule has 26 heavy (non-hydrogen) atoms. The summed E-state index contributed by atoms with van der Waals surface area (Å²) in [5, 5.41) is 5.59. The molecule has 2 aromatic rings. The van der Waals surface area contributed by atoms with Gasteiger partial charge in [0.25, 0.3) is 0 Å². The molecule has 0 amide bonds. The lowest BCUT2D eigenvalue weighted by Crippen LogP contribution is -2.34. The molecular weight excluding hydrogens is 398 g/mol. The predicted molar refractivity (Wildman–Crippen MR) is 101 cm³/mol. The van der Waals surface area contributed by atoms with Gasteiger partial charge in [0, 0.05) is 17.6 Å². The second-order valence-corrected chi connectivity index (χ2v) is 9.61. The molecule has 0 aliphatic carbocycles. The molecule has 142 valence electrons. The van der Waals surface area contributed by atoms with E-state index in [1.165, 1.54) is 18.2 Å². The Morgan fingerprint density at radius 1 is 1.04 bits per heavy atom. The van der Waals surface area contributed by atoms with Crippen molar-refractivity contribution >= 4 is 31.6 Å². The molecule has 0 fully saturated rings. The summed E-state index contributed by atoms with van der Waals surface area (Å²) in [4.78, 5) is 1.39. The van der Waals surface area contributed by atoms with Crippen LogP contribution in [0.25, 0.3) is 0 Å². The summed E-state index contributed by atoms with van der Waals surface area (Å²) in [6, 6.07) is 11.8. The number of primary sulfonamides is 1. The number of nitrogens with two attached hydrogens (primary N) is 1. The molecule has 2 rings (SSSR count). The van der Waals surface area contributed by atoms with Crippen molar-refractivity contribution < 1.29 is 16.8 Å². The van der Waals surface area contributed by atoms with E-state index in [4.69, 9.17) is 16.7 Å². The van der Waals surface area contributed by atoms with Gasteiger partial charge in [0.1, 0.15) is 0 Å². The smallest absolute Gasteiger partial charge is 0.240 e. The van der Waals surface area contributed by atoms with E-state index < -0.39 is 20.0 Å². The van der Waals surface area contributed by atoms with Crippen molar-refractivity contribution in [2.75, 3.05) is 20.6 Å². The van der Waals surface area contributed by atoms with Gasteiger partial charge in [-0.2, -0.15) is 0 Å². The molecule has 0 saturated heterocycles. The SMILES string of the molecule is CN(C)C(CNS(=O)(=O)c1cccc(S(N)(=O)=O)c1)c1ccccc1Cl. The van der Waals surface area contributed by atoms with Crippen LogP contribution in [0, 0.1) is 0 Å². The average Bonchev–Trinajstić information content (AvgIpc) is 2.55. The number of sulfonamides is 2. The summed E-state index contributed by atoms with van der Waals surface area (Å²) < 4.78 is 50.5. The average molecular weight is 418 g/mol. The molecule has 0 saturated carbocycles. The van der Waals surface area contributed by atoms with Crippen LogP contribution >= 0.6 is 11.6 Å². The van der Waals surface area contributed by atoms with Gasteiger partial charge < -0.3 is 4.90 Å². The van der Waals surface area contributed by atoms with Gasteiger partial charge >= 0.3 is 0 Å². The Kier molecular flexibility index (Phi) is 6.43.